The van der Waals surface area contributed by atoms with Crippen LogP contribution < -0.4 is 5.32 Å². The molecule has 0 bridgehead atoms. The van der Waals surface area contributed by atoms with Crippen LogP contribution in [0.25, 0.3) is 0 Å². The average molecular weight is 229 g/mol. The number of hydrogen-bond acceptors (Lipinski definition) is 4. The van der Waals surface area contributed by atoms with Gasteiger partial charge in [0.05, 0.1) is 19.3 Å². The zero-order valence-corrected chi connectivity index (χ0v) is 9.90. The van der Waals surface area contributed by atoms with Crippen molar-refractivity contribution in [1.29, 1.82) is 0 Å². The predicted octanol–water partition coefficient (Wildman–Crippen LogP) is -0.324. The van der Waals surface area contributed by atoms with Crippen LogP contribution in [-0.4, -0.2) is 48.1 Å². The van der Waals surface area contributed by atoms with Crippen LogP contribution in [0.1, 0.15) is 20.8 Å². The first kappa shape index (κ1) is 11.8. The standard InChI is InChI=1S/C11H19NO4/c1-6(2)10(13)12-7-4-15-9-8(7)16-5-11(9,3)14/h6-9,14H,4-5H2,1-3H3,(H,12,13). The van der Waals surface area contributed by atoms with E-state index in [0.29, 0.717) is 6.61 Å². The molecule has 4 unspecified atom stereocenters. The summed E-state index contributed by atoms with van der Waals surface area (Å²) in [5.74, 6) is -0.0645. The quantitative estimate of drug-likeness (QED) is 0.680. The third-order valence-corrected chi connectivity index (χ3v) is 3.18. The third-order valence-electron chi connectivity index (χ3n) is 3.18. The number of carbonyl (C=O) groups excluding carboxylic acids is 1. The largest absolute Gasteiger partial charge is 0.385 e. The van der Waals surface area contributed by atoms with E-state index in [0.717, 1.165) is 0 Å². The summed E-state index contributed by atoms with van der Waals surface area (Å²) in [4.78, 5) is 11.6. The van der Waals surface area contributed by atoms with Crippen LogP contribution in [0.2, 0.25) is 0 Å². The number of hydrogen-bond donors (Lipinski definition) is 2. The SMILES string of the molecule is CC(C)C(=O)NC1COC2C1OCC2(C)O. The molecular formula is C11H19NO4. The first-order chi connectivity index (χ1) is 7.42. The second-order valence-corrected chi connectivity index (χ2v) is 5.16. The highest BCUT2D eigenvalue weighted by atomic mass is 16.6. The first-order valence-corrected chi connectivity index (χ1v) is 5.68. The van der Waals surface area contributed by atoms with E-state index in [4.69, 9.17) is 9.47 Å². The topological polar surface area (TPSA) is 67.8 Å². The Bertz CT molecular complexity index is 290. The minimum absolute atomic E-state index is 0.00982. The lowest BCUT2D eigenvalue weighted by Gasteiger charge is -2.21. The zero-order valence-electron chi connectivity index (χ0n) is 9.90. The summed E-state index contributed by atoms with van der Waals surface area (Å²) < 4.78 is 11.0. The summed E-state index contributed by atoms with van der Waals surface area (Å²) in [6.07, 6.45) is -0.553. The van der Waals surface area contributed by atoms with E-state index in [1.807, 2.05) is 13.8 Å². The second kappa shape index (κ2) is 3.98. The Balaban J connectivity index is 1.98. The van der Waals surface area contributed by atoms with Gasteiger partial charge in [-0.3, -0.25) is 4.79 Å². The summed E-state index contributed by atoms with van der Waals surface area (Å²) >= 11 is 0. The van der Waals surface area contributed by atoms with Gasteiger partial charge in [0.1, 0.15) is 17.8 Å². The summed E-state index contributed by atoms with van der Waals surface area (Å²) in [6.45, 7) is 6.05. The maximum absolute atomic E-state index is 11.6. The van der Waals surface area contributed by atoms with Crippen molar-refractivity contribution in [2.75, 3.05) is 13.2 Å². The molecule has 2 N–H and O–H groups in total. The van der Waals surface area contributed by atoms with E-state index < -0.39 is 5.60 Å². The van der Waals surface area contributed by atoms with Crippen LogP contribution in [0.5, 0.6) is 0 Å². The Morgan fingerprint density at radius 2 is 2.19 bits per heavy atom. The maximum atomic E-state index is 11.6. The van der Waals surface area contributed by atoms with E-state index >= 15 is 0 Å². The van der Waals surface area contributed by atoms with Crippen LogP contribution in [0.15, 0.2) is 0 Å². The third kappa shape index (κ3) is 1.95. The van der Waals surface area contributed by atoms with Crippen molar-refractivity contribution < 1.29 is 19.4 Å². The van der Waals surface area contributed by atoms with Gasteiger partial charge >= 0.3 is 0 Å². The molecule has 0 aromatic carbocycles. The van der Waals surface area contributed by atoms with Crippen molar-refractivity contribution in [2.45, 2.75) is 44.6 Å². The Morgan fingerprint density at radius 1 is 1.50 bits per heavy atom. The van der Waals surface area contributed by atoms with E-state index in [-0.39, 0.29) is 36.7 Å². The van der Waals surface area contributed by atoms with Crippen LogP contribution in [0.3, 0.4) is 0 Å². The molecule has 2 fully saturated rings. The summed E-state index contributed by atoms with van der Waals surface area (Å²) in [6, 6.07) is -0.145. The van der Waals surface area contributed by atoms with Crippen molar-refractivity contribution >= 4 is 5.91 Å². The second-order valence-electron chi connectivity index (χ2n) is 5.16. The zero-order chi connectivity index (χ0) is 11.9. The van der Waals surface area contributed by atoms with Crippen LogP contribution in [0, 0.1) is 5.92 Å². The molecule has 16 heavy (non-hydrogen) atoms. The number of ether oxygens (including phenoxy) is 2. The van der Waals surface area contributed by atoms with Gasteiger partial charge in [-0.1, -0.05) is 13.8 Å². The molecule has 2 saturated heterocycles. The summed E-state index contributed by atoms with van der Waals surface area (Å²) in [5, 5.41) is 12.9. The molecule has 0 radical (unpaired) electrons. The van der Waals surface area contributed by atoms with Crippen LogP contribution >= 0.6 is 0 Å². The molecule has 92 valence electrons. The molecule has 0 aromatic heterocycles. The number of amides is 1. The fraction of sp³-hybridized carbons (Fsp3) is 0.909. The lowest BCUT2D eigenvalue weighted by Crippen LogP contribution is -2.46. The monoisotopic (exact) mass is 229 g/mol. The minimum Gasteiger partial charge on any atom is -0.385 e. The van der Waals surface area contributed by atoms with Gasteiger partial charge in [-0.25, -0.2) is 0 Å². The van der Waals surface area contributed by atoms with Gasteiger partial charge in [-0.05, 0) is 6.92 Å². The molecule has 2 aliphatic rings. The number of aliphatic hydroxyl groups is 1. The molecule has 1 amide bonds. The van der Waals surface area contributed by atoms with E-state index in [2.05, 4.69) is 5.32 Å². The van der Waals surface area contributed by atoms with Crippen molar-refractivity contribution in [1.82, 2.24) is 5.32 Å². The molecule has 0 aliphatic carbocycles. The maximum Gasteiger partial charge on any atom is 0.222 e. The van der Waals surface area contributed by atoms with Crippen molar-refractivity contribution in [3.63, 3.8) is 0 Å². The van der Waals surface area contributed by atoms with Crippen LogP contribution in [-0.2, 0) is 14.3 Å². The van der Waals surface area contributed by atoms with E-state index in [1.54, 1.807) is 6.92 Å². The van der Waals surface area contributed by atoms with Gasteiger partial charge in [0.25, 0.3) is 0 Å². The highest BCUT2D eigenvalue weighted by Crippen LogP contribution is 2.33. The predicted molar refractivity (Wildman–Crippen MR) is 56.9 cm³/mol. The molecular weight excluding hydrogens is 210 g/mol. The van der Waals surface area contributed by atoms with Crippen LogP contribution in [0.4, 0.5) is 0 Å². The van der Waals surface area contributed by atoms with E-state index in [9.17, 15) is 9.90 Å². The Hall–Kier alpha value is -0.650. The first-order valence-electron chi connectivity index (χ1n) is 5.68. The molecule has 0 saturated carbocycles. The fourth-order valence-electron chi connectivity index (χ4n) is 2.17. The lowest BCUT2D eigenvalue weighted by atomic mass is 9.97. The highest BCUT2D eigenvalue weighted by Gasteiger charge is 2.53. The average Bonchev–Trinajstić information content (AvgIpc) is 2.70. The number of carbonyl (C=O) groups is 1. The summed E-state index contributed by atoms with van der Waals surface area (Å²) in [7, 11) is 0. The summed E-state index contributed by atoms with van der Waals surface area (Å²) in [5.41, 5.74) is -0.942. The van der Waals surface area contributed by atoms with Gasteiger partial charge in [0.2, 0.25) is 5.91 Å². The smallest absolute Gasteiger partial charge is 0.222 e. The Labute approximate surface area is 95.1 Å². The Kier molecular flexibility index (Phi) is 2.94. The van der Waals surface area contributed by atoms with Crippen molar-refractivity contribution in [2.24, 2.45) is 5.92 Å². The lowest BCUT2D eigenvalue weighted by molar-refractivity contribution is -0.125. The number of rotatable bonds is 2. The fourth-order valence-corrected chi connectivity index (χ4v) is 2.17. The van der Waals surface area contributed by atoms with Crippen molar-refractivity contribution in [3.05, 3.63) is 0 Å². The molecule has 2 aliphatic heterocycles. The normalized spacial score (nSPS) is 42.4. The minimum atomic E-state index is -0.942. The number of nitrogens with one attached hydrogen (secondary N) is 1. The molecule has 5 nitrogen and oxygen atoms in total. The Morgan fingerprint density at radius 3 is 2.81 bits per heavy atom. The molecule has 2 heterocycles. The van der Waals surface area contributed by atoms with Gasteiger partial charge in [0, 0.05) is 5.92 Å². The van der Waals surface area contributed by atoms with Gasteiger partial charge in [-0.2, -0.15) is 0 Å². The molecule has 0 spiro atoms. The molecule has 4 atom stereocenters. The molecule has 5 heteroatoms. The highest BCUT2D eigenvalue weighted by molar-refractivity contribution is 5.78. The molecule has 2 rings (SSSR count). The van der Waals surface area contributed by atoms with Gasteiger partial charge < -0.3 is 19.9 Å². The van der Waals surface area contributed by atoms with Gasteiger partial charge in [0.15, 0.2) is 0 Å². The van der Waals surface area contributed by atoms with Gasteiger partial charge in [-0.15, -0.1) is 0 Å². The molecule has 0 aromatic rings. The van der Waals surface area contributed by atoms with Crippen molar-refractivity contribution in [3.8, 4) is 0 Å². The van der Waals surface area contributed by atoms with E-state index in [1.165, 1.54) is 0 Å². The number of fused-ring (bicyclic) bond motifs is 1.